The first-order valence-electron chi connectivity index (χ1n) is 8.38. The maximum atomic E-state index is 12.1. The van der Waals surface area contributed by atoms with Crippen molar-refractivity contribution in [2.45, 2.75) is 13.3 Å². The van der Waals surface area contributed by atoms with Crippen LogP contribution in [0.4, 0.5) is 17.1 Å². The molecule has 0 aliphatic carbocycles. The molecule has 0 bridgehead atoms. The highest BCUT2D eigenvalue weighted by molar-refractivity contribution is 5.94. The van der Waals surface area contributed by atoms with Crippen LogP contribution in [0.1, 0.15) is 13.3 Å². The predicted molar refractivity (Wildman–Crippen MR) is 105 cm³/mol. The fraction of sp³-hybridized carbons (Fsp3) is 0.200. The summed E-state index contributed by atoms with van der Waals surface area (Å²) in [5.74, 6) is 0.484. The summed E-state index contributed by atoms with van der Waals surface area (Å²) in [5, 5.41) is 8.61. The molecule has 0 spiro atoms. The van der Waals surface area contributed by atoms with Crippen LogP contribution in [0.25, 0.3) is 0 Å². The van der Waals surface area contributed by atoms with Crippen molar-refractivity contribution in [1.29, 1.82) is 0 Å². The molecule has 0 radical (unpaired) electrons. The summed E-state index contributed by atoms with van der Waals surface area (Å²) in [6, 6.07) is 14.4. The average Bonchev–Trinajstić information content (AvgIpc) is 2.66. The summed E-state index contributed by atoms with van der Waals surface area (Å²) in [5.41, 5.74) is 2.15. The Morgan fingerprint density at radius 2 is 1.65 bits per heavy atom. The molecule has 2 rings (SSSR count). The third-order valence-electron chi connectivity index (χ3n) is 3.43. The number of amides is 2. The molecular weight excluding hydrogens is 330 g/mol. The lowest BCUT2D eigenvalue weighted by Gasteiger charge is -2.10. The topological polar surface area (TPSA) is 79.5 Å². The van der Waals surface area contributed by atoms with Crippen molar-refractivity contribution in [2.75, 3.05) is 29.1 Å². The maximum absolute atomic E-state index is 12.1. The highest BCUT2D eigenvalue weighted by atomic mass is 16.5. The van der Waals surface area contributed by atoms with Crippen molar-refractivity contribution < 1.29 is 14.3 Å². The van der Waals surface area contributed by atoms with E-state index in [0.717, 1.165) is 5.69 Å². The molecule has 136 valence electrons. The van der Waals surface area contributed by atoms with Gasteiger partial charge in [0.2, 0.25) is 11.8 Å². The van der Waals surface area contributed by atoms with Crippen LogP contribution in [-0.4, -0.2) is 25.0 Å². The van der Waals surface area contributed by atoms with Gasteiger partial charge in [-0.15, -0.1) is 0 Å². The Kier molecular flexibility index (Phi) is 7.24. The molecule has 0 heterocycles. The Morgan fingerprint density at radius 3 is 2.27 bits per heavy atom. The van der Waals surface area contributed by atoms with E-state index < -0.39 is 0 Å². The third-order valence-corrected chi connectivity index (χ3v) is 3.43. The monoisotopic (exact) mass is 353 g/mol. The largest absolute Gasteiger partial charge is 0.489 e. The standard InChI is InChI=1S/C20H23N3O3/c1-3-12-26-18-7-5-6-17(13-18)21-14-20(25)23-16-10-8-15(9-11-16)22-19(24)4-2/h3,5-11,13,21H,1,4,12,14H2,2H3,(H,22,24)(H,23,25). The number of carbonyl (C=O) groups is 2. The zero-order valence-corrected chi connectivity index (χ0v) is 14.7. The summed E-state index contributed by atoms with van der Waals surface area (Å²) in [4.78, 5) is 23.4. The van der Waals surface area contributed by atoms with E-state index in [2.05, 4.69) is 22.5 Å². The zero-order valence-electron chi connectivity index (χ0n) is 14.7. The van der Waals surface area contributed by atoms with E-state index in [4.69, 9.17) is 4.74 Å². The van der Waals surface area contributed by atoms with Gasteiger partial charge in [0.15, 0.2) is 0 Å². The van der Waals surface area contributed by atoms with E-state index in [1.165, 1.54) is 0 Å². The van der Waals surface area contributed by atoms with Gasteiger partial charge in [-0.25, -0.2) is 0 Å². The predicted octanol–water partition coefficient (Wildman–Crippen LogP) is 3.65. The van der Waals surface area contributed by atoms with Crippen LogP contribution in [0.2, 0.25) is 0 Å². The fourth-order valence-electron chi connectivity index (χ4n) is 2.12. The maximum Gasteiger partial charge on any atom is 0.243 e. The van der Waals surface area contributed by atoms with Gasteiger partial charge in [0, 0.05) is 29.5 Å². The van der Waals surface area contributed by atoms with Gasteiger partial charge in [0.05, 0.1) is 6.54 Å². The highest BCUT2D eigenvalue weighted by Crippen LogP contribution is 2.17. The first-order valence-corrected chi connectivity index (χ1v) is 8.38. The molecule has 0 aliphatic heterocycles. The molecular formula is C20H23N3O3. The lowest BCUT2D eigenvalue weighted by atomic mass is 10.2. The van der Waals surface area contributed by atoms with E-state index in [9.17, 15) is 9.59 Å². The number of anilines is 3. The van der Waals surface area contributed by atoms with Gasteiger partial charge in [-0.3, -0.25) is 9.59 Å². The number of hydrogen-bond acceptors (Lipinski definition) is 4. The first-order chi connectivity index (χ1) is 12.6. The highest BCUT2D eigenvalue weighted by Gasteiger charge is 2.04. The molecule has 0 fully saturated rings. The zero-order chi connectivity index (χ0) is 18.8. The van der Waals surface area contributed by atoms with Crippen LogP contribution in [0.15, 0.2) is 61.2 Å². The molecule has 0 unspecified atom stereocenters. The minimum Gasteiger partial charge on any atom is -0.489 e. The fourth-order valence-corrected chi connectivity index (χ4v) is 2.12. The molecule has 0 atom stereocenters. The minimum absolute atomic E-state index is 0.0507. The van der Waals surface area contributed by atoms with Crippen LogP contribution >= 0.6 is 0 Å². The number of carbonyl (C=O) groups excluding carboxylic acids is 2. The van der Waals surface area contributed by atoms with Crippen molar-refractivity contribution in [3.8, 4) is 5.75 Å². The molecule has 2 aromatic rings. The van der Waals surface area contributed by atoms with Gasteiger partial charge in [-0.05, 0) is 36.4 Å². The molecule has 0 saturated heterocycles. The smallest absolute Gasteiger partial charge is 0.243 e. The normalized spacial score (nSPS) is 9.88. The molecule has 26 heavy (non-hydrogen) atoms. The number of rotatable bonds is 9. The van der Waals surface area contributed by atoms with Gasteiger partial charge < -0.3 is 20.7 Å². The molecule has 0 saturated carbocycles. The minimum atomic E-state index is -0.173. The van der Waals surface area contributed by atoms with Gasteiger partial charge in [-0.1, -0.05) is 25.6 Å². The quantitative estimate of drug-likeness (QED) is 0.601. The van der Waals surface area contributed by atoms with Crippen LogP contribution in [0.3, 0.4) is 0 Å². The number of ether oxygens (including phenoxy) is 1. The molecule has 6 heteroatoms. The molecule has 0 aromatic heterocycles. The first kappa shape index (κ1) is 19.1. The van der Waals surface area contributed by atoms with Crippen LogP contribution < -0.4 is 20.7 Å². The SMILES string of the molecule is C=CCOc1cccc(NCC(=O)Nc2ccc(NC(=O)CC)cc2)c1. The summed E-state index contributed by atoms with van der Waals surface area (Å²) in [6.07, 6.45) is 2.09. The second kappa shape index (κ2) is 9.88. The van der Waals surface area contributed by atoms with E-state index in [1.807, 2.05) is 24.3 Å². The summed E-state index contributed by atoms with van der Waals surface area (Å²) >= 11 is 0. The van der Waals surface area contributed by atoms with Gasteiger partial charge in [-0.2, -0.15) is 0 Å². The molecule has 3 N–H and O–H groups in total. The van der Waals surface area contributed by atoms with Crippen LogP contribution in [-0.2, 0) is 9.59 Å². The molecule has 2 amide bonds. The molecule has 0 aliphatic rings. The van der Waals surface area contributed by atoms with Crippen molar-refractivity contribution >= 4 is 28.9 Å². The summed E-state index contributed by atoms with van der Waals surface area (Å²) in [6.45, 7) is 5.95. The Bertz CT molecular complexity index is 757. The summed E-state index contributed by atoms with van der Waals surface area (Å²) in [7, 11) is 0. The number of hydrogen-bond donors (Lipinski definition) is 3. The van der Waals surface area contributed by atoms with E-state index in [0.29, 0.717) is 30.2 Å². The molecule has 6 nitrogen and oxygen atoms in total. The van der Waals surface area contributed by atoms with E-state index in [-0.39, 0.29) is 18.4 Å². The van der Waals surface area contributed by atoms with Gasteiger partial charge >= 0.3 is 0 Å². The second-order valence-electron chi connectivity index (χ2n) is 5.51. The third kappa shape index (κ3) is 6.32. The van der Waals surface area contributed by atoms with Crippen LogP contribution in [0, 0.1) is 0 Å². The van der Waals surface area contributed by atoms with Crippen molar-refractivity contribution in [3.05, 3.63) is 61.2 Å². The lowest BCUT2D eigenvalue weighted by Crippen LogP contribution is -2.21. The Labute approximate surface area is 153 Å². The van der Waals surface area contributed by atoms with Crippen LogP contribution in [0.5, 0.6) is 5.75 Å². The van der Waals surface area contributed by atoms with Crippen molar-refractivity contribution in [3.63, 3.8) is 0 Å². The molecule has 2 aromatic carbocycles. The number of benzene rings is 2. The van der Waals surface area contributed by atoms with E-state index >= 15 is 0 Å². The summed E-state index contributed by atoms with van der Waals surface area (Å²) < 4.78 is 5.46. The second-order valence-corrected chi connectivity index (χ2v) is 5.51. The Balaban J connectivity index is 1.83. The number of nitrogens with one attached hydrogen (secondary N) is 3. The Morgan fingerprint density at radius 1 is 1.00 bits per heavy atom. The average molecular weight is 353 g/mol. The van der Waals surface area contributed by atoms with E-state index in [1.54, 1.807) is 37.3 Å². The lowest BCUT2D eigenvalue weighted by molar-refractivity contribution is -0.116. The van der Waals surface area contributed by atoms with Gasteiger partial charge in [0.1, 0.15) is 12.4 Å². The van der Waals surface area contributed by atoms with Gasteiger partial charge in [0.25, 0.3) is 0 Å². The van der Waals surface area contributed by atoms with Crippen molar-refractivity contribution in [1.82, 2.24) is 0 Å². The van der Waals surface area contributed by atoms with Crippen molar-refractivity contribution in [2.24, 2.45) is 0 Å². The Hall–Kier alpha value is -3.28.